The van der Waals surface area contributed by atoms with E-state index in [1.54, 1.807) is 31.5 Å². The molecule has 0 saturated heterocycles. The van der Waals surface area contributed by atoms with Crippen LogP contribution in [0.1, 0.15) is 31.1 Å². The van der Waals surface area contributed by atoms with E-state index in [0.29, 0.717) is 5.56 Å². The van der Waals surface area contributed by atoms with Crippen molar-refractivity contribution in [1.82, 2.24) is 10.3 Å². The first-order chi connectivity index (χ1) is 11.5. The van der Waals surface area contributed by atoms with E-state index in [1.165, 1.54) is 6.92 Å². The van der Waals surface area contributed by atoms with Crippen LogP contribution in [0.15, 0.2) is 60.6 Å². The van der Waals surface area contributed by atoms with Gasteiger partial charge in [-0.15, -0.1) is 0 Å². The maximum atomic E-state index is 12.1. The lowest BCUT2D eigenvalue weighted by Crippen LogP contribution is -2.29. The predicted octanol–water partition coefficient (Wildman–Crippen LogP) is 3.00. The van der Waals surface area contributed by atoms with Crippen LogP contribution in [-0.2, 0) is 4.74 Å². The highest BCUT2D eigenvalue weighted by Crippen LogP contribution is 2.18. The number of carbonyl (C=O) groups is 1. The van der Waals surface area contributed by atoms with Gasteiger partial charge in [-0.3, -0.25) is 10.3 Å². The zero-order valence-corrected chi connectivity index (χ0v) is 13.5. The van der Waals surface area contributed by atoms with Gasteiger partial charge in [0.1, 0.15) is 6.10 Å². The molecule has 0 bridgehead atoms. The third kappa shape index (κ3) is 4.42. The Morgan fingerprint density at radius 1 is 1.21 bits per heavy atom. The topological polar surface area (TPSA) is 98.0 Å². The van der Waals surface area contributed by atoms with Crippen LogP contribution in [0.25, 0.3) is 5.76 Å². The highest BCUT2D eigenvalue weighted by Gasteiger charge is 2.20. The Morgan fingerprint density at radius 2 is 1.83 bits per heavy atom. The van der Waals surface area contributed by atoms with Crippen LogP contribution in [0.3, 0.4) is 0 Å². The lowest BCUT2D eigenvalue weighted by molar-refractivity contribution is 0.110. The van der Waals surface area contributed by atoms with Crippen molar-refractivity contribution in [2.24, 2.45) is 0 Å². The average molecular weight is 326 g/mol. The standard InChI is InChI=1S/C18H19N3O3/c1-12(19)16(17(22)15-8-10-20-11-9-15)21-18(23)24-13(2)14-6-4-3-5-7-14/h3-11,13,19,22H,1-2H3,(H,21,23)/p+1/b17-16+,19-12?. The first-order valence-corrected chi connectivity index (χ1v) is 7.43. The summed E-state index contributed by atoms with van der Waals surface area (Å²) in [6, 6.07) is 12.6. The maximum Gasteiger partial charge on any atom is 0.412 e. The Morgan fingerprint density at radius 3 is 2.42 bits per heavy atom. The minimum absolute atomic E-state index is 0.0363. The van der Waals surface area contributed by atoms with Crippen LogP contribution in [-0.4, -0.2) is 21.9 Å². The van der Waals surface area contributed by atoms with Crippen molar-refractivity contribution in [2.45, 2.75) is 20.0 Å². The summed E-state index contributed by atoms with van der Waals surface area (Å²) in [5, 5.41) is 18.5. The van der Waals surface area contributed by atoms with Gasteiger partial charge in [0.15, 0.2) is 5.70 Å². The number of pyridine rings is 1. The van der Waals surface area contributed by atoms with Crippen LogP contribution in [0.2, 0.25) is 0 Å². The van der Waals surface area contributed by atoms with E-state index in [-0.39, 0.29) is 17.2 Å². The first-order valence-electron chi connectivity index (χ1n) is 7.43. The summed E-state index contributed by atoms with van der Waals surface area (Å²) >= 11 is 0. The molecule has 0 aliphatic rings. The van der Waals surface area contributed by atoms with Crippen LogP contribution in [0.5, 0.6) is 0 Å². The summed E-state index contributed by atoms with van der Waals surface area (Å²) in [5.74, 6) is 0.0363. The van der Waals surface area contributed by atoms with Crippen LogP contribution >= 0.6 is 0 Å². The summed E-state index contributed by atoms with van der Waals surface area (Å²) in [4.78, 5) is 16.0. The van der Waals surface area contributed by atoms with Gasteiger partial charge in [0.05, 0.1) is 11.3 Å². The highest BCUT2D eigenvalue weighted by molar-refractivity contribution is 6.03. The number of allylic oxidation sites excluding steroid dienone is 1. The minimum atomic E-state index is -0.702. The molecule has 0 aliphatic carbocycles. The largest absolute Gasteiger partial charge is 0.591 e. The van der Waals surface area contributed by atoms with E-state index >= 15 is 0 Å². The molecule has 0 radical (unpaired) electrons. The fourth-order valence-corrected chi connectivity index (χ4v) is 2.09. The number of amides is 1. The Labute approximate surface area is 140 Å². The number of hydrogen-bond donors (Lipinski definition) is 2. The molecule has 2 rings (SSSR count). The Kier molecular flexibility index (Phi) is 5.68. The second-order valence-electron chi connectivity index (χ2n) is 5.19. The van der Waals surface area contributed by atoms with Gasteiger partial charge >= 0.3 is 6.09 Å². The summed E-state index contributed by atoms with van der Waals surface area (Å²) in [7, 11) is 0. The van der Waals surface area contributed by atoms with E-state index < -0.39 is 12.2 Å². The van der Waals surface area contributed by atoms with E-state index in [9.17, 15) is 4.79 Å². The third-order valence-electron chi connectivity index (χ3n) is 3.37. The number of nitrogens with zero attached hydrogens (tertiary/aromatic N) is 1. The number of hydrogen-bond acceptors (Lipinski definition) is 4. The number of nitrogens with one attached hydrogen (secondary N) is 2. The molecule has 1 unspecified atom stereocenters. The molecule has 1 aromatic heterocycles. The number of ether oxygens (including phenoxy) is 1. The molecule has 124 valence electrons. The number of aromatic nitrogens is 1. The summed E-state index contributed by atoms with van der Waals surface area (Å²) < 4.78 is 5.33. The molecule has 1 atom stereocenters. The summed E-state index contributed by atoms with van der Waals surface area (Å²) in [5.41, 5.74) is 1.60. The van der Waals surface area contributed by atoms with Gasteiger partial charge in [0, 0.05) is 12.4 Å². The summed E-state index contributed by atoms with van der Waals surface area (Å²) in [6.45, 7) is 3.27. The number of alkyl carbamates (subject to hydrolysis) is 1. The van der Waals surface area contributed by atoms with Crippen molar-refractivity contribution in [1.29, 1.82) is 5.41 Å². The molecular formula is C18H20N3O3+. The van der Waals surface area contributed by atoms with Crippen LogP contribution in [0, 0.1) is 5.41 Å². The Hall–Kier alpha value is -3.15. The van der Waals surface area contributed by atoms with Crippen molar-refractivity contribution in [3.05, 3.63) is 71.7 Å². The summed E-state index contributed by atoms with van der Waals surface area (Å²) in [6.07, 6.45) is 1.97. The van der Waals surface area contributed by atoms with Crippen molar-refractivity contribution >= 4 is 17.6 Å². The predicted molar refractivity (Wildman–Crippen MR) is 92.6 cm³/mol. The second-order valence-corrected chi connectivity index (χ2v) is 5.19. The van der Waals surface area contributed by atoms with Gasteiger partial charge in [0.25, 0.3) is 5.76 Å². The molecule has 6 heteroatoms. The fraction of sp³-hybridized carbons (Fsp3) is 0.167. The molecule has 1 amide bonds. The van der Waals surface area contributed by atoms with E-state index in [0.717, 1.165) is 5.56 Å². The second kappa shape index (κ2) is 7.92. The molecule has 0 fully saturated rings. The number of rotatable bonds is 5. The first kappa shape index (κ1) is 17.2. The number of carbonyl (C=O) groups excluding carboxylic acids is 1. The normalized spacial score (nSPS) is 12.8. The lowest BCUT2D eigenvalue weighted by atomic mass is 10.1. The van der Waals surface area contributed by atoms with Crippen molar-refractivity contribution in [3.63, 3.8) is 0 Å². The van der Waals surface area contributed by atoms with Crippen molar-refractivity contribution < 1.29 is 14.6 Å². The van der Waals surface area contributed by atoms with E-state index in [1.807, 2.05) is 30.3 Å². The monoisotopic (exact) mass is 326 g/mol. The van der Waals surface area contributed by atoms with Gasteiger partial charge in [0.2, 0.25) is 0 Å². The molecule has 0 saturated carbocycles. The van der Waals surface area contributed by atoms with Gasteiger partial charge in [-0.1, -0.05) is 30.3 Å². The molecule has 1 heterocycles. The molecule has 6 nitrogen and oxygen atoms in total. The molecule has 0 aliphatic heterocycles. The fourth-order valence-electron chi connectivity index (χ4n) is 2.09. The zero-order chi connectivity index (χ0) is 17.5. The molecule has 2 aromatic rings. The molecular weight excluding hydrogens is 306 g/mol. The minimum Gasteiger partial charge on any atom is -0.591 e. The Bertz CT molecular complexity index is 743. The van der Waals surface area contributed by atoms with E-state index in [2.05, 4.69) is 10.3 Å². The smallest absolute Gasteiger partial charge is 0.412 e. The average Bonchev–Trinajstić information content (AvgIpc) is 2.60. The third-order valence-corrected chi connectivity index (χ3v) is 3.37. The molecule has 24 heavy (non-hydrogen) atoms. The van der Waals surface area contributed by atoms with Crippen molar-refractivity contribution in [2.75, 3.05) is 0 Å². The molecule has 1 aromatic carbocycles. The van der Waals surface area contributed by atoms with Gasteiger partial charge in [-0.2, -0.15) is 0 Å². The maximum absolute atomic E-state index is 12.1. The Balaban J connectivity index is 2.14. The van der Waals surface area contributed by atoms with Crippen molar-refractivity contribution in [3.8, 4) is 0 Å². The molecule has 0 spiro atoms. The van der Waals surface area contributed by atoms with E-state index in [4.69, 9.17) is 15.3 Å². The molecule has 4 N–H and O–H groups in total. The van der Waals surface area contributed by atoms with Crippen LogP contribution < -0.4 is 5.32 Å². The number of benzene rings is 1. The SMILES string of the molecule is CC(=N)/C(NC(=O)OC(C)c1ccccc1)=C(\[OH2+])c1ccncc1. The lowest BCUT2D eigenvalue weighted by Gasteiger charge is -2.15. The highest BCUT2D eigenvalue weighted by atomic mass is 16.6. The van der Waals surface area contributed by atoms with Gasteiger partial charge in [-0.25, -0.2) is 4.79 Å². The van der Waals surface area contributed by atoms with Crippen LogP contribution in [0.4, 0.5) is 4.79 Å². The quantitative estimate of drug-likeness (QED) is 0.502. The van der Waals surface area contributed by atoms with Gasteiger partial charge in [-0.05, 0) is 31.5 Å². The zero-order valence-electron chi connectivity index (χ0n) is 13.5. The van der Waals surface area contributed by atoms with Gasteiger partial charge < -0.3 is 15.3 Å².